The summed E-state index contributed by atoms with van der Waals surface area (Å²) in [7, 11) is -4.49. The molecule has 2 aromatic carbocycles. The zero-order valence-electron chi connectivity index (χ0n) is 17.4. The van der Waals surface area contributed by atoms with Crippen LogP contribution in [-0.4, -0.2) is 36.7 Å². The largest absolute Gasteiger partial charge is 0.461 e. The number of esters is 1. The predicted molar refractivity (Wildman–Crippen MR) is 114 cm³/mol. The van der Waals surface area contributed by atoms with E-state index in [1.54, 1.807) is 0 Å². The van der Waals surface area contributed by atoms with Crippen LogP contribution in [0.3, 0.4) is 0 Å². The van der Waals surface area contributed by atoms with Crippen molar-refractivity contribution < 1.29 is 31.3 Å². The second kappa shape index (κ2) is 9.61. The third-order valence-electron chi connectivity index (χ3n) is 4.10. The second-order valence-corrected chi connectivity index (χ2v) is 8.09. The summed E-state index contributed by atoms with van der Waals surface area (Å²) in [6.07, 6.45) is 0. The Hall–Kier alpha value is -4.06. The Kier molecular flexibility index (Phi) is 6.87. The summed E-state index contributed by atoms with van der Waals surface area (Å²) in [6, 6.07) is 10.5. The summed E-state index contributed by atoms with van der Waals surface area (Å²) in [4.78, 5) is 35.8. The Morgan fingerprint density at radius 3 is 2.30 bits per heavy atom. The molecule has 0 fully saturated rings. The maximum absolute atomic E-state index is 13.2. The number of amides is 1. The van der Waals surface area contributed by atoms with Crippen molar-refractivity contribution in [2.24, 2.45) is 0 Å². The first-order valence-electron chi connectivity index (χ1n) is 9.50. The molecule has 0 saturated heterocycles. The zero-order chi connectivity index (χ0) is 24.2. The van der Waals surface area contributed by atoms with E-state index in [0.717, 1.165) is 22.9 Å². The van der Waals surface area contributed by atoms with Crippen molar-refractivity contribution in [3.8, 4) is 11.4 Å². The van der Waals surface area contributed by atoms with Crippen molar-refractivity contribution in [2.45, 2.75) is 18.7 Å². The number of aromatic nitrogens is 2. The van der Waals surface area contributed by atoms with Gasteiger partial charge in [-0.05, 0) is 55.5 Å². The molecule has 3 rings (SSSR count). The number of nitrogens with zero attached hydrogens (tertiary/aromatic N) is 2. The smallest absolute Gasteiger partial charge is 0.362 e. The van der Waals surface area contributed by atoms with Gasteiger partial charge in [0.15, 0.2) is 5.75 Å². The number of carbonyl (C=O) groups is 2. The lowest BCUT2D eigenvalue weighted by molar-refractivity contribution is -0.114. The van der Waals surface area contributed by atoms with Crippen LogP contribution in [0.2, 0.25) is 0 Å². The summed E-state index contributed by atoms with van der Waals surface area (Å²) in [5.41, 5.74) is -0.910. The van der Waals surface area contributed by atoms with Gasteiger partial charge >= 0.3 is 16.1 Å². The Bertz CT molecular complexity index is 1350. The van der Waals surface area contributed by atoms with Gasteiger partial charge in [0, 0.05) is 12.6 Å². The molecule has 12 heteroatoms. The normalized spacial score (nSPS) is 11.0. The molecule has 0 spiro atoms. The molecule has 33 heavy (non-hydrogen) atoms. The van der Waals surface area contributed by atoms with Crippen molar-refractivity contribution >= 4 is 27.7 Å². The monoisotopic (exact) mass is 475 g/mol. The van der Waals surface area contributed by atoms with Crippen LogP contribution in [0.15, 0.2) is 64.3 Å². The number of carbonyl (C=O) groups excluding carboxylic acids is 2. The van der Waals surface area contributed by atoms with E-state index in [4.69, 9.17) is 8.92 Å². The van der Waals surface area contributed by atoms with Gasteiger partial charge in [0.05, 0.1) is 18.4 Å². The Balaban J connectivity index is 2.03. The van der Waals surface area contributed by atoms with Gasteiger partial charge < -0.3 is 14.2 Å². The highest BCUT2D eigenvalue weighted by atomic mass is 32.2. The molecule has 0 aliphatic carbocycles. The first kappa shape index (κ1) is 23.6. The molecule has 1 heterocycles. The topological polar surface area (TPSA) is 134 Å². The summed E-state index contributed by atoms with van der Waals surface area (Å²) in [5, 5.41) is 6.38. The number of anilines is 1. The number of nitrogens with one attached hydrogen (secondary N) is 1. The molecule has 0 atom stereocenters. The third kappa shape index (κ3) is 5.60. The quantitative estimate of drug-likeness (QED) is 0.406. The fourth-order valence-electron chi connectivity index (χ4n) is 2.69. The molecule has 3 aromatic rings. The SMILES string of the molecule is CCOC(=O)c1nn(-c2ccc(F)cc2)c(=O)cc1OS(=O)(=O)c1ccc(NC(C)=O)cc1. The van der Waals surface area contributed by atoms with Gasteiger partial charge in [-0.15, -0.1) is 0 Å². The van der Waals surface area contributed by atoms with Gasteiger partial charge in [0.25, 0.3) is 5.56 Å². The summed E-state index contributed by atoms with van der Waals surface area (Å²) in [5.74, 6) is -2.55. The van der Waals surface area contributed by atoms with E-state index in [1.165, 1.54) is 50.2 Å². The highest BCUT2D eigenvalue weighted by Gasteiger charge is 2.25. The summed E-state index contributed by atoms with van der Waals surface area (Å²) < 4.78 is 49.4. The fraction of sp³-hybridized carbons (Fsp3) is 0.143. The summed E-state index contributed by atoms with van der Waals surface area (Å²) >= 11 is 0. The van der Waals surface area contributed by atoms with Crippen LogP contribution in [-0.2, 0) is 19.6 Å². The third-order valence-corrected chi connectivity index (χ3v) is 5.35. The Labute approximate surface area is 187 Å². The van der Waals surface area contributed by atoms with Gasteiger partial charge in [0.2, 0.25) is 11.6 Å². The number of benzene rings is 2. The van der Waals surface area contributed by atoms with Crippen molar-refractivity contribution in [1.29, 1.82) is 0 Å². The first-order chi connectivity index (χ1) is 15.6. The average molecular weight is 475 g/mol. The highest BCUT2D eigenvalue weighted by Crippen LogP contribution is 2.23. The molecule has 172 valence electrons. The van der Waals surface area contributed by atoms with E-state index in [-0.39, 0.29) is 23.1 Å². The van der Waals surface area contributed by atoms with Crippen molar-refractivity contribution in [3.05, 3.63) is 76.5 Å². The minimum Gasteiger partial charge on any atom is -0.461 e. The van der Waals surface area contributed by atoms with Crippen molar-refractivity contribution in [3.63, 3.8) is 0 Å². The van der Waals surface area contributed by atoms with Crippen LogP contribution in [0.5, 0.6) is 5.75 Å². The first-order valence-corrected chi connectivity index (χ1v) is 10.9. The number of rotatable bonds is 7. The van der Waals surface area contributed by atoms with Crippen molar-refractivity contribution in [1.82, 2.24) is 9.78 Å². The van der Waals surface area contributed by atoms with Crippen LogP contribution in [0, 0.1) is 5.82 Å². The van der Waals surface area contributed by atoms with E-state index >= 15 is 0 Å². The molecule has 0 saturated carbocycles. The van der Waals surface area contributed by atoms with Gasteiger partial charge in [-0.1, -0.05) is 0 Å². The minimum absolute atomic E-state index is 0.0486. The Morgan fingerprint density at radius 1 is 1.09 bits per heavy atom. The zero-order valence-corrected chi connectivity index (χ0v) is 18.3. The maximum atomic E-state index is 13.2. The highest BCUT2D eigenvalue weighted by molar-refractivity contribution is 7.87. The number of halogens is 1. The van der Waals surface area contributed by atoms with Gasteiger partial charge in [-0.2, -0.15) is 18.2 Å². The van der Waals surface area contributed by atoms with Crippen LogP contribution in [0.25, 0.3) is 5.69 Å². The molecule has 10 nitrogen and oxygen atoms in total. The lowest BCUT2D eigenvalue weighted by Gasteiger charge is -2.13. The van der Waals surface area contributed by atoms with E-state index < -0.39 is 38.9 Å². The Morgan fingerprint density at radius 2 is 1.73 bits per heavy atom. The average Bonchev–Trinajstić information content (AvgIpc) is 2.74. The molecule has 0 aliphatic rings. The van der Waals surface area contributed by atoms with Gasteiger partial charge in [-0.3, -0.25) is 9.59 Å². The molecule has 0 bridgehead atoms. The van der Waals surface area contributed by atoms with Crippen LogP contribution in [0.1, 0.15) is 24.3 Å². The standard InChI is InChI=1S/C21H18FN3O7S/c1-3-31-21(28)20-18(12-19(27)25(24-20)16-8-4-14(22)5-9-16)32-33(29,30)17-10-6-15(7-11-17)23-13(2)26/h4-12H,3H2,1-2H3,(H,23,26). The fourth-order valence-corrected chi connectivity index (χ4v) is 3.62. The van der Waals surface area contributed by atoms with Gasteiger partial charge in [-0.25, -0.2) is 9.18 Å². The van der Waals surface area contributed by atoms with E-state index in [9.17, 15) is 27.2 Å². The molecule has 0 aliphatic heterocycles. The summed E-state index contributed by atoms with van der Waals surface area (Å²) in [6.45, 7) is 2.78. The van der Waals surface area contributed by atoms with Gasteiger partial charge in [0.1, 0.15) is 10.7 Å². The van der Waals surface area contributed by atoms with E-state index in [2.05, 4.69) is 10.4 Å². The molecule has 1 amide bonds. The van der Waals surface area contributed by atoms with Crippen LogP contribution < -0.4 is 15.1 Å². The van der Waals surface area contributed by atoms with E-state index in [1.807, 2.05) is 0 Å². The lowest BCUT2D eigenvalue weighted by atomic mass is 10.3. The van der Waals surface area contributed by atoms with Crippen LogP contribution >= 0.6 is 0 Å². The minimum atomic E-state index is -4.49. The number of hydrogen-bond donors (Lipinski definition) is 1. The lowest BCUT2D eigenvalue weighted by Crippen LogP contribution is -2.26. The predicted octanol–water partition coefficient (Wildman–Crippen LogP) is 2.27. The number of hydrogen-bond acceptors (Lipinski definition) is 8. The molecular weight excluding hydrogens is 457 g/mol. The van der Waals surface area contributed by atoms with E-state index in [0.29, 0.717) is 5.69 Å². The number of ether oxygens (including phenoxy) is 1. The van der Waals surface area contributed by atoms with Crippen LogP contribution in [0.4, 0.5) is 10.1 Å². The molecule has 1 aromatic heterocycles. The second-order valence-electron chi connectivity index (χ2n) is 6.55. The molecule has 0 radical (unpaired) electrons. The van der Waals surface area contributed by atoms with Crippen molar-refractivity contribution in [2.75, 3.05) is 11.9 Å². The maximum Gasteiger partial charge on any atom is 0.362 e. The molecule has 0 unspecified atom stereocenters. The molecular formula is C21H18FN3O7S. The molecule has 1 N–H and O–H groups in total.